The fourth-order valence-electron chi connectivity index (χ4n) is 1.03. The Balaban J connectivity index is 2.08. The topological polar surface area (TPSA) is 89.7 Å². The van der Waals surface area contributed by atoms with Crippen LogP contribution in [-0.4, -0.2) is 22.0 Å². The van der Waals surface area contributed by atoms with Crippen molar-refractivity contribution < 1.29 is 4.42 Å². The van der Waals surface area contributed by atoms with Crippen LogP contribution in [0.4, 0.5) is 0 Å². The largest absolute Gasteiger partial charge is 0.448 e. The zero-order valence-corrected chi connectivity index (χ0v) is 10.2. The molecule has 0 unspecified atom stereocenters. The number of rotatable bonds is 3. The van der Waals surface area contributed by atoms with E-state index in [4.69, 9.17) is 10.2 Å². The van der Waals surface area contributed by atoms with E-state index >= 15 is 0 Å². The third-order valence-corrected chi connectivity index (χ3v) is 2.20. The van der Waals surface area contributed by atoms with Crippen molar-refractivity contribution >= 4 is 28.0 Å². The van der Waals surface area contributed by atoms with Crippen molar-refractivity contribution in [3.8, 4) is 0 Å². The molecule has 86 valence electrons. The molecule has 0 spiro atoms. The molecule has 0 saturated carbocycles. The Morgan fingerprint density at radius 3 is 2.94 bits per heavy atom. The maximum Gasteiger partial charge on any atom is 0.173 e. The van der Waals surface area contributed by atoms with Crippen LogP contribution in [0.15, 0.2) is 50.0 Å². The molecule has 0 atom stereocenters. The van der Waals surface area contributed by atoms with Crippen molar-refractivity contribution in [2.45, 2.75) is 0 Å². The molecule has 0 radical (unpaired) electrons. The van der Waals surface area contributed by atoms with E-state index in [1.165, 1.54) is 18.6 Å². The summed E-state index contributed by atoms with van der Waals surface area (Å²) in [4.78, 5) is 7.86. The van der Waals surface area contributed by atoms with Crippen LogP contribution in [0.25, 0.3) is 0 Å². The Bertz CT molecular complexity index is 549. The van der Waals surface area contributed by atoms with E-state index in [-0.39, 0.29) is 5.84 Å². The summed E-state index contributed by atoms with van der Waals surface area (Å²) in [6.45, 7) is 0. The highest BCUT2D eigenvalue weighted by atomic mass is 79.9. The minimum absolute atomic E-state index is 0.194. The van der Waals surface area contributed by atoms with Gasteiger partial charge in [-0.1, -0.05) is 0 Å². The quantitative estimate of drug-likeness (QED) is 0.528. The Hall–Kier alpha value is -2.02. The minimum Gasteiger partial charge on any atom is -0.448 e. The number of furan rings is 1. The summed E-state index contributed by atoms with van der Waals surface area (Å²) in [5.41, 5.74) is 6.14. The molecule has 2 heterocycles. The van der Waals surface area contributed by atoms with Crippen molar-refractivity contribution in [3.05, 3.63) is 46.8 Å². The highest BCUT2D eigenvalue weighted by Gasteiger charge is 1.98. The monoisotopic (exact) mass is 293 g/mol. The molecule has 2 N–H and O–H groups in total. The predicted octanol–water partition coefficient (Wildman–Crippen LogP) is 1.57. The van der Waals surface area contributed by atoms with Gasteiger partial charge in [-0.05, 0) is 28.1 Å². The van der Waals surface area contributed by atoms with Gasteiger partial charge < -0.3 is 10.2 Å². The lowest BCUT2D eigenvalue weighted by molar-refractivity contribution is 0.534. The maximum atomic E-state index is 5.66. The van der Waals surface area contributed by atoms with Crippen LogP contribution < -0.4 is 5.73 Å². The number of halogens is 1. The lowest BCUT2D eigenvalue weighted by Crippen LogP contribution is -2.14. The number of nitrogens with two attached hydrogens (primary N) is 1. The number of amidine groups is 1. The molecule has 0 bridgehead atoms. The molecule has 0 fully saturated rings. The van der Waals surface area contributed by atoms with E-state index in [9.17, 15) is 0 Å². The summed E-state index contributed by atoms with van der Waals surface area (Å²) < 4.78 is 5.83. The molecule has 0 aliphatic carbocycles. The number of nitrogens with zero attached hydrogens (tertiary/aromatic N) is 4. The second kappa shape index (κ2) is 5.35. The first-order chi connectivity index (χ1) is 8.25. The molecule has 2 aromatic heterocycles. The summed E-state index contributed by atoms with van der Waals surface area (Å²) in [6, 6.07) is 3.51. The van der Waals surface area contributed by atoms with Crippen LogP contribution in [0, 0.1) is 0 Å². The fraction of sp³-hybridized carbons (Fsp3) is 0. The molecule has 0 aliphatic heterocycles. The van der Waals surface area contributed by atoms with Crippen molar-refractivity contribution in [1.82, 2.24) is 9.97 Å². The Kier molecular flexibility index (Phi) is 3.61. The van der Waals surface area contributed by atoms with E-state index in [1.807, 2.05) is 0 Å². The molecule has 6 nitrogen and oxygen atoms in total. The SMILES string of the molecule is N/C(=N\N=C\c1ccc(Br)o1)c1cnccn1. The van der Waals surface area contributed by atoms with Crippen molar-refractivity contribution in [1.29, 1.82) is 0 Å². The minimum atomic E-state index is 0.194. The molecule has 2 rings (SSSR count). The second-order valence-electron chi connectivity index (χ2n) is 2.96. The number of hydrogen-bond acceptors (Lipinski definition) is 5. The first-order valence-electron chi connectivity index (χ1n) is 4.64. The van der Waals surface area contributed by atoms with Gasteiger partial charge in [0.15, 0.2) is 10.5 Å². The highest BCUT2D eigenvalue weighted by molar-refractivity contribution is 9.10. The van der Waals surface area contributed by atoms with Crippen molar-refractivity contribution in [2.24, 2.45) is 15.9 Å². The van der Waals surface area contributed by atoms with E-state index in [0.29, 0.717) is 16.1 Å². The van der Waals surface area contributed by atoms with E-state index in [1.54, 1.807) is 18.3 Å². The molecule has 0 aliphatic rings. The van der Waals surface area contributed by atoms with E-state index in [0.717, 1.165) is 0 Å². The maximum absolute atomic E-state index is 5.66. The molecular formula is C10H8BrN5O. The first kappa shape index (κ1) is 11.5. The van der Waals surface area contributed by atoms with Crippen LogP contribution in [0.5, 0.6) is 0 Å². The Morgan fingerprint density at radius 1 is 1.41 bits per heavy atom. The lowest BCUT2D eigenvalue weighted by atomic mass is 10.4. The smallest absolute Gasteiger partial charge is 0.173 e. The zero-order valence-electron chi connectivity index (χ0n) is 8.62. The summed E-state index contributed by atoms with van der Waals surface area (Å²) in [7, 11) is 0. The van der Waals surface area contributed by atoms with Crippen LogP contribution in [-0.2, 0) is 0 Å². The fourth-order valence-corrected chi connectivity index (χ4v) is 1.35. The van der Waals surface area contributed by atoms with Gasteiger partial charge in [-0.3, -0.25) is 4.98 Å². The van der Waals surface area contributed by atoms with Gasteiger partial charge in [-0.2, -0.15) is 5.10 Å². The van der Waals surface area contributed by atoms with Crippen LogP contribution in [0.3, 0.4) is 0 Å². The summed E-state index contributed by atoms with van der Waals surface area (Å²) in [6.07, 6.45) is 6.05. The third-order valence-electron chi connectivity index (χ3n) is 1.77. The van der Waals surface area contributed by atoms with Gasteiger partial charge in [0.25, 0.3) is 0 Å². The molecule has 2 aromatic rings. The molecular weight excluding hydrogens is 286 g/mol. The van der Waals surface area contributed by atoms with Crippen molar-refractivity contribution in [2.75, 3.05) is 0 Å². The molecule has 7 heteroatoms. The highest BCUT2D eigenvalue weighted by Crippen LogP contribution is 2.12. The standard InChI is InChI=1S/C10H8BrN5O/c11-9-2-1-7(17-9)5-15-16-10(12)8-6-13-3-4-14-8/h1-6H,(H2,12,16)/b15-5+. The Morgan fingerprint density at radius 2 is 2.29 bits per heavy atom. The third kappa shape index (κ3) is 3.22. The van der Waals surface area contributed by atoms with Gasteiger partial charge >= 0.3 is 0 Å². The van der Waals surface area contributed by atoms with Gasteiger partial charge in [-0.25, -0.2) is 4.98 Å². The number of aromatic nitrogens is 2. The summed E-state index contributed by atoms with van der Waals surface area (Å²) in [5, 5.41) is 7.57. The molecule has 0 amide bonds. The first-order valence-corrected chi connectivity index (χ1v) is 5.43. The zero-order chi connectivity index (χ0) is 12.1. The summed E-state index contributed by atoms with van der Waals surface area (Å²) in [5.74, 6) is 0.771. The average Bonchev–Trinajstić information content (AvgIpc) is 2.76. The van der Waals surface area contributed by atoms with Crippen LogP contribution in [0.1, 0.15) is 11.5 Å². The second-order valence-corrected chi connectivity index (χ2v) is 3.74. The van der Waals surface area contributed by atoms with Crippen LogP contribution in [0.2, 0.25) is 0 Å². The lowest BCUT2D eigenvalue weighted by Gasteiger charge is -1.94. The Labute approximate surface area is 105 Å². The van der Waals surface area contributed by atoms with Crippen LogP contribution >= 0.6 is 15.9 Å². The predicted molar refractivity (Wildman–Crippen MR) is 66.8 cm³/mol. The van der Waals surface area contributed by atoms with Crippen molar-refractivity contribution in [3.63, 3.8) is 0 Å². The van der Waals surface area contributed by atoms with Gasteiger partial charge in [0.05, 0.1) is 12.4 Å². The van der Waals surface area contributed by atoms with Gasteiger partial charge in [-0.15, -0.1) is 5.10 Å². The molecule has 17 heavy (non-hydrogen) atoms. The van der Waals surface area contributed by atoms with Gasteiger partial charge in [0.2, 0.25) is 0 Å². The normalized spacial score (nSPS) is 12.2. The summed E-state index contributed by atoms with van der Waals surface area (Å²) >= 11 is 3.18. The van der Waals surface area contributed by atoms with Gasteiger partial charge in [0, 0.05) is 12.4 Å². The average molecular weight is 294 g/mol. The number of hydrogen-bond donors (Lipinski definition) is 1. The van der Waals surface area contributed by atoms with E-state index < -0.39 is 0 Å². The van der Waals surface area contributed by atoms with Gasteiger partial charge in [0.1, 0.15) is 11.5 Å². The van der Waals surface area contributed by atoms with E-state index in [2.05, 4.69) is 36.1 Å². The molecule has 0 aromatic carbocycles. The molecule has 0 saturated heterocycles.